The maximum absolute atomic E-state index is 9.36. The van der Waals surface area contributed by atoms with Crippen LogP contribution in [-0.4, -0.2) is 19.7 Å². The van der Waals surface area contributed by atoms with E-state index in [4.69, 9.17) is 13.8 Å². The largest absolute Gasteiger partial charge is 0.457 e. The lowest BCUT2D eigenvalue weighted by Crippen LogP contribution is -2.75. The highest BCUT2D eigenvalue weighted by Crippen LogP contribution is 2.52. The van der Waals surface area contributed by atoms with Gasteiger partial charge >= 0.3 is 0 Å². The van der Waals surface area contributed by atoms with E-state index in [1.54, 1.807) is 0 Å². The summed E-state index contributed by atoms with van der Waals surface area (Å²) in [7, 11) is -2.92. The van der Waals surface area contributed by atoms with Gasteiger partial charge in [-0.05, 0) is 131 Å². The standard InChI is InChI=1S/C74H62N4OSi/c1-73(2,3)54-41-42-75-70(46-54)78-66-37-22-34-63-62-31-16-19-38-68(62)80(72(63)66,59-29-14-9-15-30-59)69-40-39-58(48-67(69)78)79-57-28-20-27-56(47-57)76-49-77(65-36-18-17-35-64(65)76)71-60(51-25-12-8-13-26-51)32-21-33-61(71)53-43-52(50-23-10-7-11-24-50)44-55(45-53)74(4,5)6/h7-48H,49H2,1-6H3/i8D,12D,13D,25D,26D. The minimum Gasteiger partial charge on any atom is -0.457 e. The molecular weight excluding hydrogens is 989 g/mol. The third-order valence-electron chi connectivity index (χ3n) is 16.3. The fourth-order valence-corrected chi connectivity index (χ4v) is 18.1. The molecule has 80 heavy (non-hydrogen) atoms. The van der Waals surface area contributed by atoms with Gasteiger partial charge in [0.2, 0.25) is 0 Å². The molecule has 5 nitrogen and oxygen atoms in total. The third-order valence-corrected chi connectivity index (χ3v) is 21.3. The van der Waals surface area contributed by atoms with Crippen molar-refractivity contribution >= 4 is 68.8 Å². The van der Waals surface area contributed by atoms with E-state index in [9.17, 15) is 2.74 Å². The quantitative estimate of drug-likeness (QED) is 0.135. The molecule has 0 bridgehead atoms. The zero-order chi connectivity index (χ0) is 58.7. The number of fused-ring (bicyclic) bond motifs is 6. The van der Waals surface area contributed by atoms with Crippen molar-refractivity contribution in [3.8, 4) is 56.0 Å². The van der Waals surface area contributed by atoms with Crippen LogP contribution in [0.2, 0.25) is 0 Å². The summed E-state index contributed by atoms with van der Waals surface area (Å²) in [6.45, 7) is 13.7. The first kappa shape index (κ1) is 43.7. The van der Waals surface area contributed by atoms with Crippen LogP contribution >= 0.6 is 0 Å². The van der Waals surface area contributed by atoms with E-state index >= 15 is 0 Å². The van der Waals surface area contributed by atoms with Crippen molar-refractivity contribution in [3.63, 3.8) is 0 Å². The van der Waals surface area contributed by atoms with Gasteiger partial charge in [0.15, 0.2) is 8.07 Å². The van der Waals surface area contributed by atoms with Crippen LogP contribution in [0.15, 0.2) is 255 Å². The number of benzene rings is 10. The van der Waals surface area contributed by atoms with E-state index in [1.807, 2.05) is 48.7 Å². The smallest absolute Gasteiger partial charge is 0.185 e. The summed E-state index contributed by atoms with van der Waals surface area (Å²) in [4.78, 5) is 12.0. The van der Waals surface area contributed by atoms with Gasteiger partial charge in [0, 0.05) is 40.8 Å². The molecule has 388 valence electrons. The van der Waals surface area contributed by atoms with Gasteiger partial charge in [-0.1, -0.05) is 223 Å². The highest BCUT2D eigenvalue weighted by atomic mass is 28.3. The number of aromatic nitrogens is 1. The molecule has 0 N–H and O–H groups in total. The fourth-order valence-electron chi connectivity index (χ4n) is 12.6. The first-order valence-electron chi connectivity index (χ1n) is 30.0. The summed E-state index contributed by atoms with van der Waals surface area (Å²) < 4.78 is 52.2. The summed E-state index contributed by atoms with van der Waals surface area (Å²) in [5.74, 6) is 2.18. The van der Waals surface area contributed by atoms with Gasteiger partial charge in [0.05, 0.1) is 29.6 Å². The highest BCUT2D eigenvalue weighted by Gasteiger charge is 2.55. The van der Waals surface area contributed by atoms with Gasteiger partial charge in [-0.15, -0.1) is 0 Å². The van der Waals surface area contributed by atoms with Crippen molar-refractivity contribution in [2.75, 3.05) is 21.4 Å². The molecule has 6 heteroatoms. The molecule has 4 heterocycles. The molecule has 14 rings (SSSR count). The molecule has 3 aliphatic heterocycles. The Kier molecular flexibility index (Phi) is 10.4. The first-order chi connectivity index (χ1) is 41.0. The normalized spacial score (nSPS) is 15.9. The minimum absolute atomic E-state index is 0.114. The first-order valence-corrected chi connectivity index (χ1v) is 29.5. The number of hydrogen-bond acceptors (Lipinski definition) is 5. The molecule has 11 aromatic rings. The summed E-state index contributed by atoms with van der Waals surface area (Å²) in [6, 6.07) is 75.7. The average Bonchev–Trinajstić information content (AvgIpc) is 1.67. The van der Waals surface area contributed by atoms with Crippen LogP contribution in [0.1, 0.15) is 59.5 Å². The van der Waals surface area contributed by atoms with Crippen LogP contribution in [0.3, 0.4) is 0 Å². The third kappa shape index (κ3) is 8.07. The van der Waals surface area contributed by atoms with Gasteiger partial charge in [-0.2, -0.15) is 0 Å². The second kappa shape index (κ2) is 19.0. The molecule has 0 fully saturated rings. The second-order valence-electron chi connectivity index (χ2n) is 23.2. The Morgan fingerprint density at radius 3 is 1.85 bits per heavy atom. The summed E-state index contributed by atoms with van der Waals surface area (Å²) in [6.07, 6.45) is 1.94. The Hall–Kier alpha value is -9.23. The van der Waals surface area contributed by atoms with E-state index in [0.717, 1.165) is 67.8 Å². The maximum Gasteiger partial charge on any atom is 0.185 e. The molecular formula is C74H62N4OSi. The average molecular weight is 1060 g/mol. The highest BCUT2D eigenvalue weighted by molar-refractivity contribution is 7.23. The number of rotatable bonds is 9. The molecule has 3 aliphatic rings. The van der Waals surface area contributed by atoms with Gasteiger partial charge in [-0.3, -0.25) is 4.90 Å². The zero-order valence-corrected chi connectivity index (χ0v) is 46.8. The fraction of sp³-hybridized carbons (Fsp3) is 0.122. The van der Waals surface area contributed by atoms with Crippen molar-refractivity contribution in [1.29, 1.82) is 0 Å². The van der Waals surface area contributed by atoms with E-state index in [2.05, 4.69) is 232 Å². The zero-order valence-electron chi connectivity index (χ0n) is 50.8. The number of hydrogen-bond donors (Lipinski definition) is 0. The van der Waals surface area contributed by atoms with Crippen LogP contribution in [0, 0.1) is 0 Å². The molecule has 1 unspecified atom stereocenters. The van der Waals surface area contributed by atoms with Crippen molar-refractivity contribution in [1.82, 2.24) is 4.98 Å². The van der Waals surface area contributed by atoms with Gasteiger partial charge in [-0.25, -0.2) is 4.98 Å². The van der Waals surface area contributed by atoms with Crippen molar-refractivity contribution in [2.45, 2.75) is 52.4 Å². The predicted molar refractivity (Wildman–Crippen MR) is 337 cm³/mol. The van der Waals surface area contributed by atoms with Gasteiger partial charge < -0.3 is 14.5 Å². The van der Waals surface area contributed by atoms with Crippen molar-refractivity contribution < 1.29 is 11.6 Å². The van der Waals surface area contributed by atoms with Crippen molar-refractivity contribution in [3.05, 3.63) is 266 Å². The molecule has 0 radical (unpaired) electrons. The lowest BCUT2D eigenvalue weighted by Gasteiger charge is -2.43. The molecule has 10 aromatic carbocycles. The lowest BCUT2D eigenvalue weighted by atomic mass is 9.82. The molecule has 0 saturated heterocycles. The lowest BCUT2D eigenvalue weighted by molar-refractivity contribution is 0.483. The molecule has 0 spiro atoms. The molecule has 0 amide bonds. The van der Waals surface area contributed by atoms with E-state index in [-0.39, 0.29) is 40.6 Å². The SMILES string of the molecule is [2H]c1c([2H])c([2H])c(-c2cccc(-c3cc(-c4ccccc4)cc(C(C)(C)C)c3)c2N2CN(c3cccc(Oc4ccc5c(c4)N(c4cc(C(C)(C)C)ccn4)c4cccc6c4[Si]5(c4ccccc4)c4ccccc4-6)c3)c3ccccc32)c([2H])c1[2H]. The van der Waals surface area contributed by atoms with E-state index in [1.165, 1.54) is 37.4 Å². The number of pyridine rings is 1. The Balaban J connectivity index is 0.906. The summed E-state index contributed by atoms with van der Waals surface area (Å²) in [5, 5.41) is 5.34. The molecule has 0 saturated carbocycles. The molecule has 1 atom stereocenters. The number of nitrogens with zero attached hydrogens (tertiary/aromatic N) is 4. The van der Waals surface area contributed by atoms with Crippen LogP contribution in [0.5, 0.6) is 11.5 Å². The number of ether oxygens (including phenoxy) is 1. The van der Waals surface area contributed by atoms with Crippen LogP contribution in [-0.2, 0) is 10.8 Å². The summed E-state index contributed by atoms with van der Waals surface area (Å²) >= 11 is 0. The second-order valence-corrected chi connectivity index (χ2v) is 26.9. The Morgan fingerprint density at radius 1 is 0.450 bits per heavy atom. The Bertz CT molecular complexity index is 4470. The van der Waals surface area contributed by atoms with Crippen molar-refractivity contribution in [2.24, 2.45) is 0 Å². The topological polar surface area (TPSA) is 31.8 Å². The number of para-hydroxylation sites is 3. The minimum atomic E-state index is -2.92. The van der Waals surface area contributed by atoms with E-state index < -0.39 is 14.1 Å². The number of anilines is 7. The van der Waals surface area contributed by atoms with Crippen LogP contribution in [0.4, 0.5) is 39.9 Å². The Morgan fingerprint density at radius 2 is 1.07 bits per heavy atom. The predicted octanol–water partition coefficient (Wildman–Crippen LogP) is 16.9. The van der Waals surface area contributed by atoms with Gasteiger partial charge in [0.1, 0.15) is 24.0 Å². The monoisotopic (exact) mass is 1060 g/mol. The molecule has 1 aromatic heterocycles. The van der Waals surface area contributed by atoms with Crippen LogP contribution < -0.4 is 40.2 Å². The summed E-state index contributed by atoms with van der Waals surface area (Å²) in [5.41, 5.74) is 14.8. The maximum atomic E-state index is 9.36. The molecule has 0 aliphatic carbocycles. The Labute approximate surface area is 478 Å². The van der Waals surface area contributed by atoms with Gasteiger partial charge in [0.25, 0.3) is 0 Å². The van der Waals surface area contributed by atoms with E-state index in [0.29, 0.717) is 23.7 Å². The van der Waals surface area contributed by atoms with Crippen LogP contribution in [0.25, 0.3) is 44.5 Å².